The van der Waals surface area contributed by atoms with Crippen LogP contribution < -0.4 is 0 Å². The lowest BCUT2D eigenvalue weighted by Gasteiger charge is -2.43. The molecule has 1 saturated heterocycles. The smallest absolute Gasteiger partial charge is 0.0990 e. The molecule has 1 N–H and O–H groups in total. The predicted molar refractivity (Wildman–Crippen MR) is 81.0 cm³/mol. The molecule has 3 nitrogen and oxygen atoms in total. The van der Waals surface area contributed by atoms with Gasteiger partial charge in [0, 0.05) is 29.7 Å². The van der Waals surface area contributed by atoms with Gasteiger partial charge in [-0.1, -0.05) is 25.5 Å². The highest BCUT2D eigenvalue weighted by Crippen LogP contribution is 2.41. The Bertz CT molecular complexity index is 618. The highest BCUT2D eigenvalue weighted by Gasteiger charge is 2.37. The van der Waals surface area contributed by atoms with Gasteiger partial charge in [-0.05, 0) is 36.6 Å². The fourth-order valence-corrected chi connectivity index (χ4v) is 3.85. The summed E-state index contributed by atoms with van der Waals surface area (Å²) in [6.45, 7) is 5.42. The van der Waals surface area contributed by atoms with Gasteiger partial charge in [-0.3, -0.25) is 4.90 Å². The average molecular weight is 270 g/mol. The predicted octanol–water partition coefficient (Wildman–Crippen LogP) is 3.27. The van der Waals surface area contributed by atoms with E-state index in [1.807, 2.05) is 0 Å². The maximum Gasteiger partial charge on any atom is 0.0990 e. The van der Waals surface area contributed by atoms with Crippen LogP contribution in [0.4, 0.5) is 0 Å². The summed E-state index contributed by atoms with van der Waals surface area (Å²) < 4.78 is 6.15. The number of benzene rings is 1. The number of H-pyrrole nitrogens is 1. The molecule has 0 bridgehead atoms. The van der Waals surface area contributed by atoms with Crippen molar-refractivity contribution in [2.45, 2.75) is 38.3 Å². The van der Waals surface area contributed by atoms with Gasteiger partial charge in [-0.15, -0.1) is 0 Å². The largest absolute Gasteiger partial charge is 0.371 e. The van der Waals surface area contributed by atoms with Crippen molar-refractivity contribution in [3.63, 3.8) is 0 Å². The molecule has 1 aromatic carbocycles. The molecule has 4 rings (SSSR count). The highest BCUT2D eigenvalue weighted by atomic mass is 16.5. The van der Waals surface area contributed by atoms with Gasteiger partial charge in [0.2, 0.25) is 0 Å². The van der Waals surface area contributed by atoms with Crippen LogP contribution in [-0.4, -0.2) is 35.6 Å². The number of morpholine rings is 1. The van der Waals surface area contributed by atoms with E-state index in [-0.39, 0.29) is 6.10 Å². The minimum absolute atomic E-state index is 0.257. The Morgan fingerprint density at radius 1 is 1.40 bits per heavy atom. The van der Waals surface area contributed by atoms with Crippen molar-refractivity contribution in [2.24, 2.45) is 0 Å². The second kappa shape index (κ2) is 4.90. The Kier molecular flexibility index (Phi) is 3.04. The second-order valence-corrected chi connectivity index (χ2v) is 6.04. The van der Waals surface area contributed by atoms with Crippen LogP contribution in [0.25, 0.3) is 10.9 Å². The molecule has 2 aromatic rings. The van der Waals surface area contributed by atoms with Crippen LogP contribution in [0, 0.1) is 0 Å². The molecule has 106 valence electrons. The summed E-state index contributed by atoms with van der Waals surface area (Å²) in [5.74, 6) is 0. The standard InChI is InChI=1S/C17H22N2O/c1-2-3-7-19-8-9-20-17-13-5-4-6-14-16(13)12(11-18-14)10-15(17)19/h4-6,11,15,17-18H,2-3,7-10H2,1H3/t15-,17-/m1/s1. The number of nitrogens with one attached hydrogen (secondary N) is 1. The number of aromatic amines is 1. The highest BCUT2D eigenvalue weighted by molar-refractivity contribution is 5.88. The third-order valence-corrected chi connectivity index (χ3v) is 4.85. The van der Waals surface area contributed by atoms with E-state index in [0.29, 0.717) is 6.04 Å². The van der Waals surface area contributed by atoms with E-state index in [1.54, 1.807) is 0 Å². The summed E-state index contributed by atoms with van der Waals surface area (Å²) in [6, 6.07) is 7.08. The van der Waals surface area contributed by atoms with Crippen LogP contribution in [0.3, 0.4) is 0 Å². The van der Waals surface area contributed by atoms with E-state index in [1.165, 1.54) is 41.4 Å². The van der Waals surface area contributed by atoms with Crippen LogP contribution in [0.1, 0.15) is 37.0 Å². The first kappa shape index (κ1) is 12.4. The van der Waals surface area contributed by atoms with E-state index in [2.05, 4.69) is 41.2 Å². The van der Waals surface area contributed by atoms with Crippen molar-refractivity contribution >= 4 is 10.9 Å². The lowest BCUT2D eigenvalue weighted by atomic mass is 9.85. The van der Waals surface area contributed by atoms with Crippen molar-refractivity contribution in [2.75, 3.05) is 19.7 Å². The first-order valence-electron chi connectivity index (χ1n) is 7.83. The van der Waals surface area contributed by atoms with Gasteiger partial charge in [0.15, 0.2) is 0 Å². The van der Waals surface area contributed by atoms with Gasteiger partial charge in [0.1, 0.15) is 0 Å². The Labute approximate surface area is 119 Å². The minimum atomic E-state index is 0.257. The molecule has 2 heterocycles. The molecule has 0 saturated carbocycles. The van der Waals surface area contributed by atoms with Gasteiger partial charge >= 0.3 is 0 Å². The van der Waals surface area contributed by atoms with Crippen LogP contribution in [0.5, 0.6) is 0 Å². The lowest BCUT2D eigenvalue weighted by molar-refractivity contribution is -0.0743. The molecule has 2 atom stereocenters. The van der Waals surface area contributed by atoms with Crippen LogP contribution in [0.15, 0.2) is 24.4 Å². The van der Waals surface area contributed by atoms with Crippen molar-refractivity contribution in [3.05, 3.63) is 35.5 Å². The molecule has 3 heteroatoms. The molecule has 20 heavy (non-hydrogen) atoms. The topological polar surface area (TPSA) is 28.3 Å². The van der Waals surface area contributed by atoms with Crippen molar-refractivity contribution in [3.8, 4) is 0 Å². The van der Waals surface area contributed by atoms with Crippen molar-refractivity contribution in [1.29, 1.82) is 0 Å². The van der Waals surface area contributed by atoms with Gasteiger partial charge in [0.05, 0.1) is 12.7 Å². The molecule has 0 spiro atoms. The molecular weight excluding hydrogens is 248 g/mol. The first-order valence-corrected chi connectivity index (χ1v) is 7.83. The SMILES string of the molecule is CCCCN1CCO[C@@H]2c3cccc4[nH]cc(c34)C[C@H]21. The zero-order valence-electron chi connectivity index (χ0n) is 12.1. The second-order valence-electron chi connectivity index (χ2n) is 6.04. The number of unbranched alkanes of at least 4 members (excludes halogenated alkanes) is 1. The monoisotopic (exact) mass is 270 g/mol. The van der Waals surface area contributed by atoms with Crippen molar-refractivity contribution < 1.29 is 4.74 Å². The van der Waals surface area contributed by atoms with E-state index >= 15 is 0 Å². The summed E-state index contributed by atoms with van der Waals surface area (Å²) in [5.41, 5.74) is 4.10. The molecule has 0 unspecified atom stereocenters. The summed E-state index contributed by atoms with van der Waals surface area (Å²) in [6.07, 6.45) is 6.11. The Balaban J connectivity index is 1.73. The maximum absolute atomic E-state index is 6.15. The molecule has 1 aliphatic carbocycles. The molecule has 0 radical (unpaired) electrons. The lowest BCUT2D eigenvalue weighted by Crippen LogP contribution is -2.49. The molecule has 2 aliphatic rings. The first-order chi connectivity index (χ1) is 9.88. The van der Waals surface area contributed by atoms with E-state index < -0.39 is 0 Å². The molecule has 1 fully saturated rings. The third kappa shape index (κ3) is 1.80. The van der Waals surface area contributed by atoms with Crippen LogP contribution in [0.2, 0.25) is 0 Å². The van der Waals surface area contributed by atoms with Crippen molar-refractivity contribution in [1.82, 2.24) is 9.88 Å². The van der Waals surface area contributed by atoms with E-state index in [4.69, 9.17) is 4.74 Å². The van der Waals surface area contributed by atoms with Crippen LogP contribution >= 0.6 is 0 Å². The molecular formula is C17H22N2O. The van der Waals surface area contributed by atoms with Gasteiger partial charge in [-0.25, -0.2) is 0 Å². The number of hydrogen-bond donors (Lipinski definition) is 1. The fourth-order valence-electron chi connectivity index (χ4n) is 3.85. The number of fused-ring (bicyclic) bond motifs is 2. The zero-order valence-corrected chi connectivity index (χ0v) is 12.1. The fraction of sp³-hybridized carbons (Fsp3) is 0.529. The number of ether oxygens (including phenoxy) is 1. The Morgan fingerprint density at radius 2 is 2.35 bits per heavy atom. The molecule has 0 amide bonds. The number of aromatic nitrogens is 1. The summed E-state index contributed by atoms with van der Waals surface area (Å²) in [5, 5.41) is 1.41. The van der Waals surface area contributed by atoms with Gasteiger partial charge in [0.25, 0.3) is 0 Å². The molecule has 1 aliphatic heterocycles. The third-order valence-electron chi connectivity index (χ3n) is 4.85. The Hall–Kier alpha value is -1.32. The van der Waals surface area contributed by atoms with Gasteiger partial charge < -0.3 is 9.72 Å². The minimum Gasteiger partial charge on any atom is -0.371 e. The Morgan fingerprint density at radius 3 is 3.25 bits per heavy atom. The number of nitrogens with zero attached hydrogens (tertiary/aromatic N) is 1. The summed E-state index contributed by atoms with van der Waals surface area (Å²) in [7, 11) is 0. The quantitative estimate of drug-likeness (QED) is 0.927. The van der Waals surface area contributed by atoms with E-state index in [0.717, 1.165) is 19.6 Å². The summed E-state index contributed by atoms with van der Waals surface area (Å²) in [4.78, 5) is 6.06. The van der Waals surface area contributed by atoms with Gasteiger partial charge in [-0.2, -0.15) is 0 Å². The average Bonchev–Trinajstić information content (AvgIpc) is 2.90. The zero-order chi connectivity index (χ0) is 13.5. The summed E-state index contributed by atoms with van der Waals surface area (Å²) >= 11 is 0. The van der Waals surface area contributed by atoms with E-state index in [9.17, 15) is 0 Å². The molecule has 1 aromatic heterocycles. The number of rotatable bonds is 3. The maximum atomic E-state index is 6.15. The number of hydrogen-bond acceptors (Lipinski definition) is 2. The van der Waals surface area contributed by atoms with Crippen LogP contribution in [-0.2, 0) is 11.2 Å². The normalized spacial score (nSPS) is 25.9.